The summed E-state index contributed by atoms with van der Waals surface area (Å²) in [5, 5.41) is 3.80. The van der Waals surface area contributed by atoms with Crippen LogP contribution in [0.15, 0.2) is 60.8 Å². The Hall–Kier alpha value is -3.60. The number of carbonyl (C=O) groups excluding carboxylic acids is 1. The van der Waals surface area contributed by atoms with E-state index in [0.29, 0.717) is 48.2 Å². The molecule has 4 aromatic rings. The van der Waals surface area contributed by atoms with Crippen LogP contribution >= 0.6 is 23.2 Å². The van der Waals surface area contributed by atoms with Crippen LogP contribution in [0.2, 0.25) is 10.2 Å². The molecule has 1 amide bonds. The van der Waals surface area contributed by atoms with Gasteiger partial charge >= 0.3 is 12.4 Å². The summed E-state index contributed by atoms with van der Waals surface area (Å²) in [7, 11) is 0. The molecule has 6 nitrogen and oxygen atoms in total. The molecule has 0 unspecified atom stereocenters. The molecule has 0 fully saturated rings. The van der Waals surface area contributed by atoms with E-state index in [0.717, 1.165) is 11.1 Å². The van der Waals surface area contributed by atoms with Crippen LogP contribution in [0.1, 0.15) is 22.4 Å². The number of fused-ring (bicyclic) bond motifs is 3. The zero-order valence-corrected chi connectivity index (χ0v) is 22.3. The van der Waals surface area contributed by atoms with Crippen molar-refractivity contribution in [1.29, 1.82) is 0 Å². The van der Waals surface area contributed by atoms with Gasteiger partial charge in [-0.15, -0.1) is 13.2 Å². The quantitative estimate of drug-likeness (QED) is 0.190. The molecule has 1 aliphatic heterocycles. The Morgan fingerprint density at radius 3 is 2.70 bits per heavy atom. The van der Waals surface area contributed by atoms with E-state index in [-0.39, 0.29) is 16.7 Å². The summed E-state index contributed by atoms with van der Waals surface area (Å²) in [4.78, 5) is 19.4. The Morgan fingerprint density at radius 1 is 1.12 bits per heavy atom. The number of ether oxygens (including phenoxy) is 1. The maximum atomic E-state index is 13.7. The first kappa shape index (κ1) is 27.9. The van der Waals surface area contributed by atoms with Crippen molar-refractivity contribution in [2.24, 2.45) is 0 Å². The van der Waals surface area contributed by atoms with E-state index in [2.05, 4.69) is 19.9 Å². The minimum Gasteiger partial charge on any atom is -0.406 e. The van der Waals surface area contributed by atoms with Gasteiger partial charge in [-0.2, -0.15) is 0 Å². The molecule has 40 heavy (non-hydrogen) atoms. The summed E-state index contributed by atoms with van der Waals surface area (Å²) < 4.78 is 58.1. The number of halogens is 6. The molecule has 3 heterocycles. The summed E-state index contributed by atoms with van der Waals surface area (Å²) in [6.45, 7) is 1.75. The van der Waals surface area contributed by atoms with Crippen molar-refractivity contribution in [2.75, 3.05) is 13.1 Å². The standard InChI is InChI=1S/C28H22Cl2F4N4O2/c29-22-6-3-17(12-23(22)31)2-1-10-37-11-8-24-21(16-37)20-5-4-19(40-28(32,33)34)14-25(20)38(24)27(39)36-15-18-7-9-35-26(30)13-18/h1-7,9,12-14H,8,10-11,15-16H2,(H,36,39)/b2-1+. The van der Waals surface area contributed by atoms with Gasteiger partial charge < -0.3 is 10.1 Å². The van der Waals surface area contributed by atoms with Gasteiger partial charge in [-0.3, -0.25) is 9.47 Å². The molecule has 2 aromatic carbocycles. The maximum absolute atomic E-state index is 13.7. The molecule has 0 spiro atoms. The molecule has 0 atom stereocenters. The second-order valence-electron chi connectivity index (χ2n) is 9.19. The van der Waals surface area contributed by atoms with E-state index < -0.39 is 24.0 Å². The predicted octanol–water partition coefficient (Wildman–Crippen LogP) is 7.21. The minimum absolute atomic E-state index is 0.0505. The van der Waals surface area contributed by atoms with Gasteiger partial charge in [0.25, 0.3) is 0 Å². The Balaban J connectivity index is 1.42. The highest BCUT2D eigenvalue weighted by atomic mass is 35.5. The van der Waals surface area contributed by atoms with E-state index in [1.807, 2.05) is 6.08 Å². The zero-order chi connectivity index (χ0) is 28.4. The Morgan fingerprint density at radius 2 is 1.95 bits per heavy atom. The molecule has 208 valence electrons. The number of carbonyl (C=O) groups is 1. The summed E-state index contributed by atoms with van der Waals surface area (Å²) in [5.74, 6) is -0.918. The van der Waals surface area contributed by atoms with Gasteiger partial charge in [-0.25, -0.2) is 14.2 Å². The SMILES string of the molecule is O=C(NCc1ccnc(Cl)c1)n1c2c(c3ccc(OC(F)(F)F)cc31)CN(C/C=C/c1ccc(Cl)c(F)c1)CC2. The van der Waals surface area contributed by atoms with Crippen LogP contribution in [-0.4, -0.2) is 39.9 Å². The van der Waals surface area contributed by atoms with Crippen LogP contribution in [0.5, 0.6) is 5.75 Å². The van der Waals surface area contributed by atoms with Crippen LogP contribution in [0.3, 0.4) is 0 Å². The second kappa shape index (κ2) is 11.5. The molecule has 0 saturated heterocycles. The fourth-order valence-electron chi connectivity index (χ4n) is 4.74. The van der Waals surface area contributed by atoms with Crippen LogP contribution in [0.4, 0.5) is 22.4 Å². The number of nitrogens with one attached hydrogen (secondary N) is 1. The Labute approximate surface area is 236 Å². The van der Waals surface area contributed by atoms with Crippen molar-refractivity contribution in [3.05, 3.63) is 99.2 Å². The molecule has 0 radical (unpaired) electrons. The minimum atomic E-state index is -4.87. The third-order valence-electron chi connectivity index (χ3n) is 6.49. The number of aromatic nitrogens is 2. The molecule has 1 aliphatic rings. The summed E-state index contributed by atoms with van der Waals surface area (Å²) in [5.41, 5.74) is 3.25. The largest absolute Gasteiger partial charge is 0.573 e. The first-order valence-electron chi connectivity index (χ1n) is 12.2. The van der Waals surface area contributed by atoms with Crippen LogP contribution in [0.25, 0.3) is 17.0 Å². The van der Waals surface area contributed by atoms with Crippen molar-refractivity contribution in [1.82, 2.24) is 19.8 Å². The van der Waals surface area contributed by atoms with Crippen molar-refractivity contribution in [3.63, 3.8) is 0 Å². The first-order chi connectivity index (χ1) is 19.1. The lowest BCUT2D eigenvalue weighted by Gasteiger charge is -2.27. The lowest BCUT2D eigenvalue weighted by molar-refractivity contribution is -0.274. The van der Waals surface area contributed by atoms with Gasteiger partial charge in [-0.05, 0) is 53.1 Å². The van der Waals surface area contributed by atoms with Crippen molar-refractivity contribution < 1.29 is 27.1 Å². The number of amides is 1. The molecule has 0 aliphatic carbocycles. The summed E-state index contributed by atoms with van der Waals surface area (Å²) in [6.07, 6.45) is 0.817. The van der Waals surface area contributed by atoms with E-state index in [1.165, 1.54) is 41.1 Å². The highest BCUT2D eigenvalue weighted by molar-refractivity contribution is 6.30. The number of benzene rings is 2. The van der Waals surface area contributed by atoms with Crippen LogP contribution in [-0.2, 0) is 19.5 Å². The van der Waals surface area contributed by atoms with E-state index >= 15 is 0 Å². The fraction of sp³-hybridized carbons (Fsp3) is 0.214. The van der Waals surface area contributed by atoms with Crippen molar-refractivity contribution in [3.8, 4) is 5.75 Å². The number of pyridine rings is 1. The number of nitrogens with zero attached hydrogens (tertiary/aromatic N) is 3. The molecular formula is C28H22Cl2F4N4O2. The monoisotopic (exact) mass is 592 g/mol. The van der Waals surface area contributed by atoms with Crippen LogP contribution in [0, 0.1) is 5.82 Å². The highest BCUT2D eigenvalue weighted by Crippen LogP contribution is 2.34. The van der Waals surface area contributed by atoms with Crippen molar-refractivity contribution in [2.45, 2.75) is 25.9 Å². The van der Waals surface area contributed by atoms with E-state index in [4.69, 9.17) is 23.2 Å². The van der Waals surface area contributed by atoms with E-state index in [9.17, 15) is 22.4 Å². The molecule has 12 heteroatoms. The summed E-state index contributed by atoms with van der Waals surface area (Å²) in [6, 6.07) is 11.4. The number of rotatable bonds is 6. The van der Waals surface area contributed by atoms with Crippen molar-refractivity contribution >= 4 is 46.2 Å². The average Bonchev–Trinajstić information content (AvgIpc) is 3.21. The maximum Gasteiger partial charge on any atom is 0.573 e. The molecule has 0 saturated carbocycles. The Kier molecular flexibility index (Phi) is 8.02. The fourth-order valence-corrected chi connectivity index (χ4v) is 5.06. The third-order valence-corrected chi connectivity index (χ3v) is 7.00. The molecule has 5 rings (SSSR count). The van der Waals surface area contributed by atoms with Crippen LogP contribution < -0.4 is 10.1 Å². The van der Waals surface area contributed by atoms with Gasteiger partial charge in [-0.1, -0.05) is 41.4 Å². The van der Waals surface area contributed by atoms with Gasteiger partial charge in [0.05, 0.1) is 10.5 Å². The molecular weight excluding hydrogens is 571 g/mol. The third kappa shape index (κ3) is 6.41. The van der Waals surface area contributed by atoms with Gasteiger partial charge in [0.15, 0.2) is 0 Å². The molecule has 2 aromatic heterocycles. The number of hydrogen-bond donors (Lipinski definition) is 1. The zero-order valence-electron chi connectivity index (χ0n) is 20.8. The Bertz CT molecular complexity index is 1600. The normalized spacial score (nSPS) is 14.1. The molecule has 0 bridgehead atoms. The topological polar surface area (TPSA) is 59.4 Å². The second-order valence-corrected chi connectivity index (χ2v) is 9.99. The summed E-state index contributed by atoms with van der Waals surface area (Å²) >= 11 is 11.7. The molecule has 1 N–H and O–H groups in total. The number of hydrogen-bond acceptors (Lipinski definition) is 4. The highest BCUT2D eigenvalue weighted by Gasteiger charge is 2.32. The van der Waals surface area contributed by atoms with Gasteiger partial charge in [0, 0.05) is 55.9 Å². The smallest absolute Gasteiger partial charge is 0.406 e. The lowest BCUT2D eigenvalue weighted by Crippen LogP contribution is -2.34. The lowest BCUT2D eigenvalue weighted by atomic mass is 10.0. The average molecular weight is 593 g/mol. The van der Waals surface area contributed by atoms with E-state index in [1.54, 1.807) is 24.3 Å². The van der Waals surface area contributed by atoms with Gasteiger partial charge in [0.1, 0.15) is 16.7 Å². The van der Waals surface area contributed by atoms with Gasteiger partial charge in [0.2, 0.25) is 0 Å². The predicted molar refractivity (Wildman–Crippen MR) is 145 cm³/mol. The number of alkyl halides is 3. The first-order valence-corrected chi connectivity index (χ1v) is 13.0.